The maximum Gasteiger partial charge on any atom is 0.328 e. The van der Waals surface area contributed by atoms with Gasteiger partial charge in [0.2, 0.25) is 5.91 Å². The Morgan fingerprint density at radius 2 is 1.67 bits per heavy atom. The molecule has 0 radical (unpaired) electrons. The molecule has 0 aliphatic heterocycles. The number of rotatable bonds is 8. The largest absolute Gasteiger partial charge is 0.469 e. The summed E-state index contributed by atoms with van der Waals surface area (Å²) in [5.41, 5.74) is 0. The molecule has 3 atom stereocenters. The van der Waals surface area contributed by atoms with E-state index in [4.69, 9.17) is 0 Å². The van der Waals surface area contributed by atoms with Gasteiger partial charge >= 0.3 is 11.9 Å². The van der Waals surface area contributed by atoms with Gasteiger partial charge in [0.1, 0.15) is 12.1 Å². The maximum atomic E-state index is 11.9. The first-order chi connectivity index (χ1) is 9.72. The molecule has 1 amide bonds. The van der Waals surface area contributed by atoms with Gasteiger partial charge in [-0.05, 0) is 18.3 Å². The van der Waals surface area contributed by atoms with E-state index < -0.39 is 35.9 Å². The van der Waals surface area contributed by atoms with Crippen LogP contribution in [0.1, 0.15) is 33.6 Å². The van der Waals surface area contributed by atoms with Crippen LogP contribution in [0.5, 0.6) is 0 Å². The Balaban J connectivity index is 4.80. The van der Waals surface area contributed by atoms with Gasteiger partial charge in [0.25, 0.3) is 0 Å². The van der Waals surface area contributed by atoms with E-state index in [9.17, 15) is 19.5 Å². The normalized spacial score (nSPS) is 15.0. The predicted molar refractivity (Wildman–Crippen MR) is 75.2 cm³/mol. The van der Waals surface area contributed by atoms with Crippen molar-refractivity contribution in [3.63, 3.8) is 0 Å². The number of aliphatic hydroxyl groups is 1. The van der Waals surface area contributed by atoms with Crippen LogP contribution in [-0.2, 0) is 23.9 Å². The molecule has 0 fully saturated rings. The summed E-state index contributed by atoms with van der Waals surface area (Å²) in [6, 6.07) is -1.01. The van der Waals surface area contributed by atoms with E-state index in [1.807, 2.05) is 13.8 Å². The van der Waals surface area contributed by atoms with Crippen LogP contribution < -0.4 is 5.32 Å². The summed E-state index contributed by atoms with van der Waals surface area (Å²) in [6.45, 7) is 5.36. The summed E-state index contributed by atoms with van der Waals surface area (Å²) in [4.78, 5) is 34.9. The highest BCUT2D eigenvalue weighted by molar-refractivity contribution is 5.87. The van der Waals surface area contributed by atoms with Crippen molar-refractivity contribution in [2.45, 2.75) is 45.8 Å². The summed E-state index contributed by atoms with van der Waals surface area (Å²) < 4.78 is 9.16. The first-order valence-corrected chi connectivity index (χ1v) is 6.86. The highest BCUT2D eigenvalue weighted by Gasteiger charge is 2.31. The van der Waals surface area contributed by atoms with Crippen LogP contribution in [0.4, 0.5) is 0 Å². The molecule has 0 aromatic heterocycles. The van der Waals surface area contributed by atoms with Gasteiger partial charge in [-0.3, -0.25) is 9.59 Å². The maximum absolute atomic E-state index is 11.9. The molecule has 0 heterocycles. The quantitative estimate of drug-likeness (QED) is 0.623. The summed E-state index contributed by atoms with van der Waals surface area (Å²) in [7, 11) is 2.43. The summed E-state index contributed by atoms with van der Waals surface area (Å²) >= 11 is 0. The molecule has 2 N–H and O–H groups in total. The van der Waals surface area contributed by atoms with Gasteiger partial charge in [-0.1, -0.05) is 20.8 Å². The number of hydrogen-bond donors (Lipinski definition) is 2. The van der Waals surface area contributed by atoms with Crippen LogP contribution in [0.15, 0.2) is 0 Å². The van der Waals surface area contributed by atoms with Crippen molar-refractivity contribution in [1.82, 2.24) is 5.32 Å². The van der Waals surface area contributed by atoms with Crippen LogP contribution in [0.2, 0.25) is 0 Å². The number of ether oxygens (including phenoxy) is 2. The van der Waals surface area contributed by atoms with Crippen molar-refractivity contribution in [2.24, 2.45) is 11.8 Å². The number of methoxy groups -OCH3 is 2. The Hall–Kier alpha value is -1.63. The van der Waals surface area contributed by atoms with E-state index in [0.717, 1.165) is 0 Å². The average Bonchev–Trinajstić information content (AvgIpc) is 2.42. The van der Waals surface area contributed by atoms with Crippen LogP contribution in [0.25, 0.3) is 0 Å². The van der Waals surface area contributed by atoms with Crippen molar-refractivity contribution in [1.29, 1.82) is 0 Å². The van der Waals surface area contributed by atoms with E-state index in [1.54, 1.807) is 6.92 Å². The van der Waals surface area contributed by atoms with Crippen molar-refractivity contribution in [3.05, 3.63) is 0 Å². The predicted octanol–water partition coefficient (Wildman–Crippen LogP) is 0.250. The van der Waals surface area contributed by atoms with E-state index >= 15 is 0 Å². The summed E-state index contributed by atoms with van der Waals surface area (Å²) in [5.74, 6) is -2.20. The second kappa shape index (κ2) is 9.33. The summed E-state index contributed by atoms with van der Waals surface area (Å²) in [5, 5.41) is 12.2. The molecule has 0 saturated heterocycles. The number of nitrogens with one attached hydrogen (secondary N) is 1. The fraction of sp³-hybridized carbons (Fsp3) is 0.786. The first kappa shape index (κ1) is 19.4. The Morgan fingerprint density at radius 1 is 1.10 bits per heavy atom. The molecular weight excluding hydrogens is 278 g/mol. The van der Waals surface area contributed by atoms with Gasteiger partial charge in [0.15, 0.2) is 0 Å². The van der Waals surface area contributed by atoms with Gasteiger partial charge in [0, 0.05) is 0 Å². The zero-order valence-electron chi connectivity index (χ0n) is 13.2. The fourth-order valence-electron chi connectivity index (χ4n) is 1.83. The summed E-state index contributed by atoms with van der Waals surface area (Å²) in [6.07, 6.45) is -0.968. The molecule has 0 aliphatic rings. The van der Waals surface area contributed by atoms with Crippen molar-refractivity contribution < 1.29 is 29.0 Å². The molecule has 0 aromatic rings. The van der Waals surface area contributed by atoms with Crippen LogP contribution >= 0.6 is 0 Å². The lowest BCUT2D eigenvalue weighted by molar-refractivity contribution is -0.149. The van der Waals surface area contributed by atoms with E-state index in [0.29, 0.717) is 0 Å². The second-order valence-corrected chi connectivity index (χ2v) is 5.41. The first-order valence-electron chi connectivity index (χ1n) is 6.86. The number of carbonyl (C=O) groups is 3. The van der Waals surface area contributed by atoms with Gasteiger partial charge < -0.3 is 19.9 Å². The zero-order valence-corrected chi connectivity index (χ0v) is 13.2. The number of hydrogen-bond acceptors (Lipinski definition) is 6. The number of amides is 1. The lowest BCUT2D eigenvalue weighted by Gasteiger charge is -2.23. The minimum Gasteiger partial charge on any atom is -0.469 e. The van der Waals surface area contributed by atoms with E-state index in [-0.39, 0.29) is 18.8 Å². The molecule has 0 aliphatic carbocycles. The molecular formula is C14H25NO6. The molecule has 0 rings (SSSR count). The Kier molecular flexibility index (Phi) is 8.61. The van der Waals surface area contributed by atoms with Gasteiger partial charge in [-0.15, -0.1) is 0 Å². The lowest BCUT2D eigenvalue weighted by Crippen LogP contribution is -2.49. The highest BCUT2D eigenvalue weighted by atomic mass is 16.5. The Bertz CT molecular complexity index is 368. The molecule has 21 heavy (non-hydrogen) atoms. The van der Waals surface area contributed by atoms with Gasteiger partial charge in [-0.25, -0.2) is 4.79 Å². The number of aliphatic hydroxyl groups excluding tert-OH is 1. The van der Waals surface area contributed by atoms with Crippen LogP contribution in [-0.4, -0.2) is 49.3 Å². The third-order valence-corrected chi connectivity index (χ3v) is 3.04. The molecule has 7 nitrogen and oxygen atoms in total. The van der Waals surface area contributed by atoms with Crippen molar-refractivity contribution >= 4 is 17.8 Å². The topological polar surface area (TPSA) is 102 Å². The Morgan fingerprint density at radius 3 is 2.10 bits per heavy atom. The molecule has 122 valence electrons. The second-order valence-electron chi connectivity index (χ2n) is 5.41. The molecule has 0 aromatic carbocycles. The minimum absolute atomic E-state index is 0.0448. The monoisotopic (exact) mass is 303 g/mol. The standard InChI is InChI=1S/C14H25NO6/c1-8(2)6-10(16)13(18)15-12(14(19)21-5)9(3)7-11(17)20-4/h8-10,12,16H,6-7H2,1-5H3,(H,15,18)/t9-,10+,12-/m0/s1. The highest BCUT2D eigenvalue weighted by Crippen LogP contribution is 2.12. The SMILES string of the molecule is COC(=O)C[C@H](C)[C@H](NC(=O)[C@H](O)CC(C)C)C(=O)OC. The molecule has 0 unspecified atom stereocenters. The third kappa shape index (κ3) is 7.08. The average molecular weight is 303 g/mol. The number of esters is 2. The van der Waals surface area contributed by atoms with Crippen molar-refractivity contribution in [3.8, 4) is 0 Å². The van der Waals surface area contributed by atoms with Crippen molar-refractivity contribution in [2.75, 3.05) is 14.2 Å². The van der Waals surface area contributed by atoms with Crippen LogP contribution in [0, 0.1) is 11.8 Å². The molecule has 0 spiro atoms. The molecule has 0 saturated carbocycles. The third-order valence-electron chi connectivity index (χ3n) is 3.04. The smallest absolute Gasteiger partial charge is 0.328 e. The zero-order chi connectivity index (χ0) is 16.6. The van der Waals surface area contributed by atoms with Gasteiger partial charge in [0.05, 0.1) is 20.6 Å². The van der Waals surface area contributed by atoms with E-state index in [1.165, 1.54) is 14.2 Å². The van der Waals surface area contributed by atoms with Crippen LogP contribution in [0.3, 0.4) is 0 Å². The number of carbonyl (C=O) groups excluding carboxylic acids is 3. The van der Waals surface area contributed by atoms with E-state index in [2.05, 4.69) is 14.8 Å². The van der Waals surface area contributed by atoms with Gasteiger partial charge in [-0.2, -0.15) is 0 Å². The lowest BCUT2D eigenvalue weighted by atomic mass is 9.97. The minimum atomic E-state index is -1.21. The molecule has 0 bridgehead atoms. The Labute approximate surface area is 125 Å². The fourth-order valence-corrected chi connectivity index (χ4v) is 1.83. The molecule has 7 heteroatoms.